The van der Waals surface area contributed by atoms with Gasteiger partial charge in [-0.3, -0.25) is 4.79 Å². The summed E-state index contributed by atoms with van der Waals surface area (Å²) in [4.78, 5) is 18.4. The lowest BCUT2D eigenvalue weighted by atomic mass is 10.0. The van der Waals surface area contributed by atoms with Crippen LogP contribution < -0.4 is 14.5 Å². The molecule has 0 amide bonds. The van der Waals surface area contributed by atoms with E-state index >= 15 is 0 Å². The number of aryl methyl sites for hydroxylation is 1. The maximum absolute atomic E-state index is 11.9. The average molecular weight is 428 g/mol. The van der Waals surface area contributed by atoms with Crippen LogP contribution in [0.15, 0.2) is 40.8 Å². The number of ether oxygens (including phenoxy) is 2. The highest BCUT2D eigenvalue weighted by atomic mass is 32.1. The van der Waals surface area contributed by atoms with E-state index in [1.807, 2.05) is 41.6 Å². The monoisotopic (exact) mass is 427 g/mol. The standard InChI is InChI=1S/C21H21N3O3S2/c1-12-20(13(2)25)29-21(22-12)24-16(11-15(23-24)19-6-5-9-28-19)14-7-8-17(26-3)18(10-14)27-4/h5-10,16H,11H2,1-4H3/t16-/m0/s1. The van der Waals surface area contributed by atoms with Gasteiger partial charge >= 0.3 is 0 Å². The molecule has 0 fully saturated rings. The number of aromatic nitrogens is 1. The molecular formula is C21H21N3O3S2. The van der Waals surface area contributed by atoms with E-state index in [1.54, 1.807) is 32.5 Å². The molecule has 29 heavy (non-hydrogen) atoms. The van der Waals surface area contributed by atoms with Crippen LogP contribution in [0.2, 0.25) is 0 Å². The lowest BCUT2D eigenvalue weighted by Crippen LogP contribution is -2.18. The van der Waals surface area contributed by atoms with Crippen molar-refractivity contribution < 1.29 is 14.3 Å². The molecular weight excluding hydrogens is 406 g/mol. The van der Waals surface area contributed by atoms with E-state index in [0.717, 1.165) is 33.4 Å². The number of methoxy groups -OCH3 is 2. The first-order valence-corrected chi connectivity index (χ1v) is 10.8. The molecule has 1 aliphatic heterocycles. The minimum Gasteiger partial charge on any atom is -0.493 e. The van der Waals surface area contributed by atoms with E-state index in [9.17, 15) is 4.79 Å². The third-order valence-corrected chi connectivity index (χ3v) is 6.98. The molecule has 0 saturated carbocycles. The van der Waals surface area contributed by atoms with Gasteiger partial charge in [0.05, 0.1) is 41.4 Å². The molecule has 2 aromatic heterocycles. The van der Waals surface area contributed by atoms with Crippen molar-refractivity contribution in [3.05, 3.63) is 56.7 Å². The van der Waals surface area contributed by atoms with Crippen LogP contribution in [-0.4, -0.2) is 30.7 Å². The smallest absolute Gasteiger partial charge is 0.207 e. The number of nitrogens with zero attached hydrogens (tertiary/aromatic N) is 3. The number of hydrogen-bond donors (Lipinski definition) is 0. The average Bonchev–Trinajstić information content (AvgIpc) is 3.45. The Balaban J connectivity index is 1.78. The van der Waals surface area contributed by atoms with Gasteiger partial charge in [-0.1, -0.05) is 23.5 Å². The third kappa shape index (κ3) is 3.65. The van der Waals surface area contributed by atoms with Crippen LogP contribution >= 0.6 is 22.7 Å². The first kappa shape index (κ1) is 19.6. The number of hydrogen-bond acceptors (Lipinski definition) is 8. The Hall–Kier alpha value is -2.71. The van der Waals surface area contributed by atoms with E-state index in [4.69, 9.17) is 14.6 Å². The number of thiazole rings is 1. The summed E-state index contributed by atoms with van der Waals surface area (Å²) in [5.74, 6) is 1.38. The van der Waals surface area contributed by atoms with Gasteiger partial charge in [0.15, 0.2) is 17.3 Å². The highest BCUT2D eigenvalue weighted by Gasteiger charge is 2.33. The Morgan fingerprint density at radius 1 is 1.21 bits per heavy atom. The molecule has 3 heterocycles. The molecule has 1 aromatic carbocycles. The molecule has 0 unspecified atom stereocenters. The van der Waals surface area contributed by atoms with Crippen LogP contribution in [-0.2, 0) is 0 Å². The molecule has 150 valence electrons. The summed E-state index contributed by atoms with van der Waals surface area (Å²) < 4.78 is 10.9. The van der Waals surface area contributed by atoms with Gasteiger partial charge < -0.3 is 9.47 Å². The quantitative estimate of drug-likeness (QED) is 0.513. The number of anilines is 1. The number of thiophene rings is 1. The molecule has 0 radical (unpaired) electrons. The molecule has 1 atom stereocenters. The summed E-state index contributed by atoms with van der Waals surface area (Å²) in [6.45, 7) is 3.43. The lowest BCUT2D eigenvalue weighted by molar-refractivity contribution is 0.102. The molecule has 0 bridgehead atoms. The number of rotatable bonds is 6. The van der Waals surface area contributed by atoms with Crippen LogP contribution in [0.1, 0.15) is 45.2 Å². The second kappa shape index (κ2) is 7.96. The first-order chi connectivity index (χ1) is 14.0. The summed E-state index contributed by atoms with van der Waals surface area (Å²) >= 11 is 3.05. The fraction of sp³-hybridized carbons (Fsp3) is 0.286. The highest BCUT2D eigenvalue weighted by Crippen LogP contribution is 2.42. The predicted molar refractivity (Wildman–Crippen MR) is 117 cm³/mol. The zero-order chi connectivity index (χ0) is 20.5. The normalized spacial score (nSPS) is 16.1. The fourth-order valence-electron chi connectivity index (χ4n) is 3.40. The molecule has 4 rings (SSSR count). The number of benzene rings is 1. The molecule has 0 aliphatic carbocycles. The Labute approximate surface area is 177 Å². The molecule has 8 heteroatoms. The zero-order valence-corrected chi connectivity index (χ0v) is 18.3. The molecule has 0 saturated heterocycles. The highest BCUT2D eigenvalue weighted by molar-refractivity contribution is 7.17. The van der Waals surface area contributed by atoms with Gasteiger partial charge in [0.25, 0.3) is 0 Å². The minimum absolute atomic E-state index is 0.0237. The first-order valence-electron chi connectivity index (χ1n) is 9.12. The summed E-state index contributed by atoms with van der Waals surface area (Å²) in [6.07, 6.45) is 0.740. The third-order valence-electron chi connectivity index (χ3n) is 4.81. The van der Waals surface area contributed by atoms with Crippen LogP contribution in [0.25, 0.3) is 0 Å². The van der Waals surface area contributed by atoms with Gasteiger partial charge in [-0.2, -0.15) is 5.10 Å². The summed E-state index contributed by atoms with van der Waals surface area (Å²) in [5.41, 5.74) is 2.80. The molecule has 3 aromatic rings. The van der Waals surface area contributed by atoms with E-state index < -0.39 is 0 Å². The zero-order valence-electron chi connectivity index (χ0n) is 16.6. The fourth-order valence-corrected chi connectivity index (χ4v) is 5.09. The molecule has 0 spiro atoms. The Morgan fingerprint density at radius 2 is 2.00 bits per heavy atom. The van der Waals surface area contributed by atoms with Crippen LogP contribution in [0.3, 0.4) is 0 Å². The van der Waals surface area contributed by atoms with Gasteiger partial charge in [-0.05, 0) is 36.1 Å². The Morgan fingerprint density at radius 3 is 2.62 bits per heavy atom. The molecule has 6 nitrogen and oxygen atoms in total. The van der Waals surface area contributed by atoms with Gasteiger partial charge in [0, 0.05) is 13.3 Å². The van der Waals surface area contributed by atoms with Crippen molar-refractivity contribution in [1.82, 2.24) is 4.98 Å². The number of carbonyl (C=O) groups excluding carboxylic acids is 1. The number of Topliss-reactive ketones (excluding diaryl/α,β-unsaturated/α-hetero) is 1. The van der Waals surface area contributed by atoms with E-state index in [-0.39, 0.29) is 11.8 Å². The van der Waals surface area contributed by atoms with E-state index in [0.29, 0.717) is 16.4 Å². The second-order valence-electron chi connectivity index (χ2n) is 6.67. The SMILES string of the molecule is COc1ccc([C@@H]2CC(c3cccs3)=NN2c2nc(C)c(C(C)=O)s2)cc1OC. The topological polar surface area (TPSA) is 64.0 Å². The molecule has 0 N–H and O–H groups in total. The Kier molecular flexibility index (Phi) is 5.38. The van der Waals surface area contributed by atoms with E-state index in [1.165, 1.54) is 11.3 Å². The maximum atomic E-state index is 11.9. The van der Waals surface area contributed by atoms with Crippen molar-refractivity contribution in [2.24, 2.45) is 5.10 Å². The Bertz CT molecular complexity index is 1070. The second-order valence-corrected chi connectivity index (χ2v) is 8.60. The predicted octanol–water partition coefficient (Wildman–Crippen LogP) is 5.09. The van der Waals surface area contributed by atoms with E-state index in [2.05, 4.69) is 11.1 Å². The number of ketones is 1. The van der Waals surface area contributed by atoms with Crippen molar-refractivity contribution in [1.29, 1.82) is 0 Å². The van der Waals surface area contributed by atoms with Gasteiger partial charge in [0.1, 0.15) is 0 Å². The van der Waals surface area contributed by atoms with Crippen molar-refractivity contribution in [3.8, 4) is 11.5 Å². The van der Waals surface area contributed by atoms with Crippen LogP contribution in [0, 0.1) is 6.92 Å². The summed E-state index contributed by atoms with van der Waals surface area (Å²) in [7, 11) is 3.25. The largest absolute Gasteiger partial charge is 0.493 e. The summed E-state index contributed by atoms with van der Waals surface area (Å²) in [5, 5.41) is 9.60. The van der Waals surface area contributed by atoms with Crippen molar-refractivity contribution in [3.63, 3.8) is 0 Å². The van der Waals surface area contributed by atoms with Gasteiger partial charge in [-0.15, -0.1) is 11.3 Å². The van der Waals surface area contributed by atoms with Crippen molar-refractivity contribution in [2.75, 3.05) is 19.2 Å². The number of carbonyl (C=O) groups is 1. The van der Waals surface area contributed by atoms with Crippen LogP contribution in [0.4, 0.5) is 5.13 Å². The minimum atomic E-state index is -0.0442. The number of hydrazone groups is 1. The van der Waals surface area contributed by atoms with Crippen molar-refractivity contribution in [2.45, 2.75) is 26.3 Å². The molecule has 1 aliphatic rings. The van der Waals surface area contributed by atoms with Gasteiger partial charge in [-0.25, -0.2) is 9.99 Å². The maximum Gasteiger partial charge on any atom is 0.207 e. The van der Waals surface area contributed by atoms with Crippen LogP contribution in [0.5, 0.6) is 11.5 Å². The lowest BCUT2D eigenvalue weighted by Gasteiger charge is -2.22. The van der Waals surface area contributed by atoms with Crippen molar-refractivity contribution >= 4 is 39.3 Å². The van der Waals surface area contributed by atoms with Gasteiger partial charge in [0.2, 0.25) is 5.13 Å². The summed E-state index contributed by atoms with van der Waals surface area (Å²) in [6, 6.07) is 9.97.